The van der Waals surface area contributed by atoms with E-state index in [-0.39, 0.29) is 81.7 Å². The number of carboxylic acids is 4. The minimum absolute atomic E-state index is 0.0289. The monoisotopic (exact) mass is 1510 g/mol. The van der Waals surface area contributed by atoms with E-state index in [2.05, 4.69) is 30.0 Å². The van der Waals surface area contributed by atoms with Crippen molar-refractivity contribution in [2.24, 2.45) is 22.9 Å². The van der Waals surface area contributed by atoms with Crippen LogP contribution in [-0.2, 0) is 94.7 Å². The van der Waals surface area contributed by atoms with Crippen LogP contribution in [0.4, 0.5) is 4.79 Å². The number of hydrogen-bond acceptors (Lipinski definition) is 29. The van der Waals surface area contributed by atoms with Gasteiger partial charge >= 0.3 is 50.8 Å². The smallest absolute Gasteiger partial charge is 0.481 e. The molecule has 564 valence electrons. The highest BCUT2D eigenvalue weighted by Crippen LogP contribution is 2.12. The standard InChI is InChI=1S/C16H32O3.C6H15NO5S.C5H11NO4S.C5H10O2.C4H9NO2.C4H8O4S.C2H7NO3S.C2H4O3.C2H4O2S.CH5NO3S.O3S/c1-2-3-4-5-6-7-8-9-10-11-12-13-14-15-19-16(17)18;8-4-1-7(2-5-9)3-6-13(10,11)12;6-5(7)3-1-2-4-11(8,9)10;1-2-3-4-5(6)7;1-2-3(5)4(6)7;1-2-3-4(5)9(6,7)8;3-1-2-7(4,5)6;3-1-2(4)5;3-2(4)1-5;2-1-6(3,4)5;1-4(2)3/h2-15H2,1H3,(H,17,18);8-9H,1-6H2,(H,10,11,12);1-4H2,(H2,6,7)(H,8,9,10);2-4H2,1H3,(H,6,7);3H,2,5H2,1H3,(H,6,7);2-3H2,1H3,(H,6,7,8);1-3H2,(H,4,5,6);3H,1H2,(H,4,5);5H,1H2,(H,3,4);1-2H2,(H,3,4,5);. The Morgan fingerprint density at radius 2 is 0.849 bits per heavy atom. The van der Waals surface area contributed by atoms with E-state index in [4.69, 9.17) is 98.2 Å². The molecule has 0 saturated carbocycles. The van der Waals surface area contributed by atoms with Crippen molar-refractivity contribution >= 4 is 115 Å². The van der Waals surface area contributed by atoms with Crippen LogP contribution in [0.25, 0.3) is 0 Å². The summed E-state index contributed by atoms with van der Waals surface area (Å²) in [4.78, 5) is 70.0. The van der Waals surface area contributed by atoms with Gasteiger partial charge in [-0.3, -0.25) is 51.6 Å². The number of nitrogens with two attached hydrogens (primary N) is 4. The molecule has 93 heavy (non-hydrogen) atoms. The van der Waals surface area contributed by atoms with Gasteiger partial charge < -0.3 is 68.5 Å². The summed E-state index contributed by atoms with van der Waals surface area (Å²) in [6.45, 7) is 7.65. The summed E-state index contributed by atoms with van der Waals surface area (Å²) in [5.74, 6) is -5.98. The second-order valence-electron chi connectivity index (χ2n) is 17.7. The Morgan fingerprint density at radius 1 is 0.495 bits per heavy atom. The number of aliphatic hydroxyl groups excluding tert-OH is 3. The van der Waals surface area contributed by atoms with Crippen LogP contribution in [0.3, 0.4) is 0 Å². The summed E-state index contributed by atoms with van der Waals surface area (Å²) >= 11 is 3.42. The Balaban J connectivity index is -0.0000000913. The van der Waals surface area contributed by atoms with Crippen molar-refractivity contribution < 1.29 is 157 Å². The number of carboxylic acid groups (broad SMARTS) is 5. The summed E-state index contributed by atoms with van der Waals surface area (Å²) in [5.41, 5.74) is 19.1. The first kappa shape index (κ1) is 113. The van der Waals surface area contributed by atoms with Crippen LogP contribution in [0.2, 0.25) is 0 Å². The lowest BCUT2D eigenvalue weighted by molar-refractivity contribution is -0.140. The third-order valence-corrected chi connectivity index (χ3v) is 12.9. The first-order valence-electron chi connectivity index (χ1n) is 27.9. The van der Waals surface area contributed by atoms with E-state index in [1.807, 2.05) is 6.92 Å². The number of rotatable bonds is 38. The molecule has 0 aromatic rings. The van der Waals surface area contributed by atoms with Crippen LogP contribution in [0.1, 0.15) is 169 Å². The molecule has 0 rings (SSSR count). The number of ether oxygens (including phenoxy) is 1. The van der Waals surface area contributed by atoms with Gasteiger partial charge in [-0.1, -0.05) is 111 Å². The maximum atomic E-state index is 10.3. The van der Waals surface area contributed by atoms with Gasteiger partial charge in [-0.25, -0.2) is 9.59 Å². The topological polar surface area (TPSA) is 721 Å². The molecule has 46 heteroatoms. The summed E-state index contributed by atoms with van der Waals surface area (Å²) in [5, 5.41) is 63.1. The zero-order chi connectivity index (χ0) is 75.7. The summed E-state index contributed by atoms with van der Waals surface area (Å²) in [6.07, 6.45) is 19.4. The first-order valence-corrected chi connectivity index (χ1v) is 37.4. The average molecular weight is 1510 g/mol. The van der Waals surface area contributed by atoms with Crippen LogP contribution in [0, 0.1) is 0 Å². The van der Waals surface area contributed by atoms with Crippen molar-refractivity contribution in [3.63, 3.8) is 0 Å². The van der Waals surface area contributed by atoms with Gasteiger partial charge in [0.05, 0.1) is 42.8 Å². The number of aliphatic hydroxyl groups is 3. The highest BCUT2D eigenvalue weighted by atomic mass is 32.2. The highest BCUT2D eigenvalue weighted by molar-refractivity contribution is 8.01. The predicted molar refractivity (Wildman–Crippen MR) is 343 cm³/mol. The molecule has 1 unspecified atom stereocenters. The van der Waals surface area contributed by atoms with Gasteiger partial charge in [-0.05, 0) is 38.5 Å². The van der Waals surface area contributed by atoms with Crippen LogP contribution in [0.5, 0.6) is 0 Å². The number of nitrogens with zero attached hydrogens (tertiary/aromatic N) is 1. The number of carbonyl (C=O) groups is 7. The van der Waals surface area contributed by atoms with Crippen molar-refractivity contribution in [3.05, 3.63) is 0 Å². The van der Waals surface area contributed by atoms with E-state index in [1.165, 1.54) is 70.6 Å². The van der Waals surface area contributed by atoms with Gasteiger partial charge in [0.15, 0.2) is 0 Å². The molecule has 0 bridgehead atoms. The Morgan fingerprint density at radius 3 is 1.03 bits per heavy atom. The lowest BCUT2D eigenvalue weighted by atomic mass is 10.0. The number of thiol groups is 1. The summed E-state index contributed by atoms with van der Waals surface area (Å²) in [6, 6.07) is -0.681. The van der Waals surface area contributed by atoms with Crippen molar-refractivity contribution in [3.8, 4) is 0 Å². The third kappa shape index (κ3) is 169. The molecule has 21 N–H and O–H groups in total. The van der Waals surface area contributed by atoms with Crippen LogP contribution >= 0.6 is 12.6 Å². The van der Waals surface area contributed by atoms with Gasteiger partial charge in [0.1, 0.15) is 18.5 Å². The lowest BCUT2D eigenvalue weighted by Crippen LogP contribution is -2.34. The summed E-state index contributed by atoms with van der Waals surface area (Å²) < 4.78 is 169. The van der Waals surface area contributed by atoms with Crippen LogP contribution in [0.15, 0.2) is 0 Å². The molecule has 0 aliphatic heterocycles. The number of carbonyl (C=O) groups excluding carboxylic acids is 2. The van der Waals surface area contributed by atoms with Gasteiger partial charge in [-0.15, -0.1) is 12.6 Å². The van der Waals surface area contributed by atoms with E-state index in [0.717, 1.165) is 25.7 Å². The van der Waals surface area contributed by atoms with E-state index in [1.54, 1.807) is 18.7 Å². The fraction of sp³-hybridized carbons (Fsp3) is 0.851. The van der Waals surface area contributed by atoms with Crippen LogP contribution < -0.4 is 22.9 Å². The molecule has 0 aliphatic carbocycles. The molecule has 39 nitrogen and oxygen atoms in total. The van der Waals surface area contributed by atoms with E-state index >= 15 is 0 Å². The van der Waals surface area contributed by atoms with Crippen molar-refractivity contribution in [2.45, 2.75) is 175 Å². The maximum Gasteiger partial charge on any atom is 0.505 e. The largest absolute Gasteiger partial charge is 0.505 e. The lowest BCUT2D eigenvalue weighted by Gasteiger charge is -2.18. The Labute approximate surface area is 553 Å². The van der Waals surface area contributed by atoms with Crippen molar-refractivity contribution in [1.29, 1.82) is 0 Å². The highest BCUT2D eigenvalue weighted by Gasteiger charge is 2.16. The molecule has 0 aromatic carbocycles. The van der Waals surface area contributed by atoms with Crippen molar-refractivity contribution in [1.82, 2.24) is 4.90 Å². The SMILES string of the molecule is CCC(N)C(=O)O.CCCC(=O)S(=O)(=O)O.CCCCC(=O)O.CCCCCCCCCCCCCCCOC(=O)O.NC(=O)CCCCS(=O)(=O)O.NCCS(=O)(=O)O.NCS(=O)(=O)O.O=C(O)CO.O=C(O)CS.O=S(=O)(O)CCN(CCO)CCO.O=S(=O)=O. The average Bonchev–Trinajstić information content (AvgIpc) is 2.49. The van der Waals surface area contributed by atoms with Gasteiger partial charge in [-0.2, -0.15) is 54.7 Å². The molecule has 0 spiro atoms. The zero-order valence-electron chi connectivity index (χ0n) is 52.9. The molecule has 0 saturated heterocycles. The zero-order valence-corrected chi connectivity index (χ0v) is 58.7. The Bertz CT molecular complexity index is 2510. The molecule has 0 fully saturated rings. The maximum absolute atomic E-state index is 10.3. The molecule has 0 heterocycles. The molecular weight excluding hydrogens is 1400 g/mol. The molecule has 0 radical (unpaired) electrons. The fourth-order valence-electron chi connectivity index (χ4n) is 4.71. The van der Waals surface area contributed by atoms with E-state index in [9.17, 15) is 70.9 Å². The van der Waals surface area contributed by atoms with E-state index < -0.39 is 121 Å². The number of unbranched alkanes of at least 4 members (excludes halogenated alkanes) is 14. The molecule has 0 aliphatic rings. The molecule has 1 amide bonds. The second-order valence-corrected chi connectivity index (χ2v) is 26.1. The second kappa shape index (κ2) is 78.2. The third-order valence-electron chi connectivity index (χ3n) is 9.15. The number of aliphatic carboxylic acids is 4. The van der Waals surface area contributed by atoms with Crippen LogP contribution in [-0.4, -0.2) is 252 Å². The minimum Gasteiger partial charge on any atom is -0.481 e. The molecule has 1 atom stereocenters. The Hall–Kier alpha value is -4.47. The molecule has 0 aromatic heterocycles. The normalized spacial score (nSPS) is 10.7. The van der Waals surface area contributed by atoms with Gasteiger partial charge in [0.25, 0.3) is 45.6 Å². The van der Waals surface area contributed by atoms with E-state index in [0.29, 0.717) is 32.3 Å². The number of amides is 1. The molecular formula is C47H105N5O34S7. The quantitative estimate of drug-likeness (QED) is 0.0172. The predicted octanol–water partition coefficient (Wildman–Crippen LogP) is 0.416. The van der Waals surface area contributed by atoms with Gasteiger partial charge in [0, 0.05) is 45.4 Å². The van der Waals surface area contributed by atoms with Crippen molar-refractivity contribution in [2.75, 3.05) is 81.5 Å². The first-order chi connectivity index (χ1) is 42.5. The summed E-state index contributed by atoms with van der Waals surface area (Å²) in [7, 11) is -23.0. The minimum atomic E-state index is -4.40. The Kier molecular flexibility index (Phi) is 94.9. The fourth-order valence-corrected chi connectivity index (χ4v) is 6.53. The number of hydrogen-bond donors (Lipinski definition) is 18. The number of primary amides is 1. The van der Waals surface area contributed by atoms with Gasteiger partial charge in [0.2, 0.25) is 5.91 Å².